The Balaban J connectivity index is 1.19. The number of H-pyrrole nitrogens is 2. The molecule has 0 spiro atoms. The van der Waals surface area contributed by atoms with Crippen LogP contribution in [-0.4, -0.2) is 74.7 Å². The molecule has 1 saturated heterocycles. The molecule has 9 nitrogen and oxygen atoms in total. The van der Waals surface area contributed by atoms with E-state index in [4.69, 9.17) is 9.72 Å². The number of hydrogen-bond acceptors (Lipinski definition) is 6. The van der Waals surface area contributed by atoms with Crippen LogP contribution in [0.2, 0.25) is 0 Å². The number of nitrogens with zero attached hydrogens (tertiary/aromatic N) is 3. The summed E-state index contributed by atoms with van der Waals surface area (Å²) in [5.41, 5.74) is 4.09. The van der Waals surface area contributed by atoms with Gasteiger partial charge in [-0.05, 0) is 103 Å². The molecule has 1 amide bonds. The van der Waals surface area contributed by atoms with Crippen molar-refractivity contribution in [2.45, 2.75) is 44.4 Å². The quantitative estimate of drug-likeness (QED) is 0.278. The van der Waals surface area contributed by atoms with E-state index >= 15 is 0 Å². The molecular formula is C30H32BrN5O4. The number of aromatic nitrogens is 3. The molecule has 0 radical (unpaired) electrons. The van der Waals surface area contributed by atoms with Crippen LogP contribution >= 0.6 is 15.9 Å². The molecule has 0 saturated carbocycles. The fraction of sp³-hybridized carbons (Fsp3) is 0.367. The third-order valence-corrected chi connectivity index (χ3v) is 8.62. The largest absolute Gasteiger partial charge is 0.490 e. The average molecular weight is 607 g/mol. The van der Waals surface area contributed by atoms with Gasteiger partial charge in [-0.25, -0.2) is 4.98 Å². The van der Waals surface area contributed by atoms with E-state index in [1.165, 1.54) is 0 Å². The number of carbonyl (C=O) groups excluding carboxylic acids is 1. The lowest BCUT2D eigenvalue weighted by Crippen LogP contribution is -2.43. The molecule has 3 N–H and O–H groups in total. The van der Waals surface area contributed by atoms with Gasteiger partial charge in [0.1, 0.15) is 18.2 Å². The average Bonchev–Trinajstić information content (AvgIpc) is 3.50. The molecule has 2 aromatic carbocycles. The number of carbonyl (C=O) groups is 1. The molecule has 10 heteroatoms. The van der Waals surface area contributed by atoms with Gasteiger partial charge in [0.15, 0.2) is 0 Å². The molecule has 1 atom stereocenters. The molecular weight excluding hydrogens is 574 g/mol. The van der Waals surface area contributed by atoms with Gasteiger partial charge in [-0.1, -0.05) is 12.1 Å². The van der Waals surface area contributed by atoms with Gasteiger partial charge in [0.05, 0.1) is 27.2 Å². The third kappa shape index (κ3) is 5.31. The molecule has 2 aliphatic heterocycles. The zero-order valence-electron chi connectivity index (χ0n) is 22.3. The maximum absolute atomic E-state index is 13.3. The van der Waals surface area contributed by atoms with Crippen molar-refractivity contribution in [2.75, 3.05) is 26.7 Å². The number of para-hydroxylation sites is 1. The SMILES string of the molecule is CN1CCC(N2Cc3cc4[nH]c(-c5c(CC[C@@H](O)COc6ccccc6Br)cc[nH]c5=O)nc4cc3C2=O)CC1. The highest BCUT2D eigenvalue weighted by Crippen LogP contribution is 2.32. The van der Waals surface area contributed by atoms with E-state index in [2.05, 4.69) is 37.8 Å². The summed E-state index contributed by atoms with van der Waals surface area (Å²) in [5, 5.41) is 10.6. The highest BCUT2D eigenvalue weighted by atomic mass is 79.9. The number of aromatic amines is 2. The van der Waals surface area contributed by atoms with Crippen LogP contribution in [0, 0.1) is 0 Å². The Kier molecular flexibility index (Phi) is 7.48. The highest BCUT2D eigenvalue weighted by Gasteiger charge is 2.34. The molecule has 2 aromatic heterocycles. The monoisotopic (exact) mass is 605 g/mol. The Bertz CT molecular complexity index is 1610. The molecule has 2 aliphatic rings. The second-order valence-electron chi connectivity index (χ2n) is 10.7. The Morgan fingerprint density at radius 3 is 2.77 bits per heavy atom. The summed E-state index contributed by atoms with van der Waals surface area (Å²) in [6, 6.07) is 13.4. The van der Waals surface area contributed by atoms with Gasteiger partial charge < -0.3 is 29.6 Å². The van der Waals surface area contributed by atoms with Gasteiger partial charge in [0, 0.05) is 24.3 Å². The van der Waals surface area contributed by atoms with Crippen molar-refractivity contribution in [2.24, 2.45) is 0 Å². The molecule has 0 bridgehead atoms. The number of likely N-dealkylation sites (tertiary alicyclic amines) is 1. The number of hydrogen-bond donors (Lipinski definition) is 3. The summed E-state index contributed by atoms with van der Waals surface area (Å²) in [6.07, 6.45) is 3.75. The van der Waals surface area contributed by atoms with Gasteiger partial charge >= 0.3 is 0 Å². The lowest BCUT2D eigenvalue weighted by atomic mass is 10.0. The molecule has 1 fully saturated rings. The van der Waals surface area contributed by atoms with Gasteiger partial charge in [-0.15, -0.1) is 0 Å². The van der Waals surface area contributed by atoms with Crippen LogP contribution in [0.15, 0.2) is 57.9 Å². The Labute approximate surface area is 240 Å². The lowest BCUT2D eigenvalue weighted by molar-refractivity contribution is 0.0617. The number of nitrogens with one attached hydrogen (secondary N) is 2. The number of benzene rings is 2. The van der Waals surface area contributed by atoms with E-state index in [-0.39, 0.29) is 24.1 Å². The van der Waals surface area contributed by atoms with E-state index in [0.29, 0.717) is 47.6 Å². The first-order valence-corrected chi connectivity index (χ1v) is 14.4. The van der Waals surface area contributed by atoms with Gasteiger partial charge in [0.2, 0.25) is 0 Å². The second-order valence-corrected chi connectivity index (χ2v) is 11.6. The molecule has 4 aromatic rings. The van der Waals surface area contributed by atoms with E-state index < -0.39 is 6.10 Å². The lowest BCUT2D eigenvalue weighted by Gasteiger charge is -2.34. The zero-order valence-corrected chi connectivity index (χ0v) is 23.9. The number of fused-ring (bicyclic) bond motifs is 2. The maximum Gasteiger partial charge on any atom is 0.259 e. The van der Waals surface area contributed by atoms with Crippen LogP contribution in [-0.2, 0) is 13.0 Å². The van der Waals surface area contributed by atoms with Gasteiger partial charge in [-0.3, -0.25) is 9.59 Å². The Hall–Kier alpha value is -3.47. The molecule has 0 aliphatic carbocycles. The summed E-state index contributed by atoms with van der Waals surface area (Å²) in [5.74, 6) is 1.18. The smallest absolute Gasteiger partial charge is 0.259 e. The standard InChI is InChI=1S/C30H32BrN5O4/c1-35-12-9-20(10-13-35)36-16-19-14-24-25(15-22(19)30(36)39)34-28(33-24)27-18(8-11-32-29(27)38)6-7-21(37)17-40-26-5-3-2-4-23(26)31/h2-5,8,11,14-15,20-21,37H,6-7,9-10,12-13,16-17H2,1H3,(H,32,38)(H,33,34)/t21-/m1/s1. The summed E-state index contributed by atoms with van der Waals surface area (Å²) in [4.78, 5) is 41.3. The van der Waals surface area contributed by atoms with Crippen molar-refractivity contribution in [1.82, 2.24) is 24.8 Å². The van der Waals surface area contributed by atoms with Crippen LogP contribution in [0.3, 0.4) is 0 Å². The fourth-order valence-electron chi connectivity index (χ4n) is 5.70. The number of halogens is 1. The number of rotatable bonds is 8. The minimum Gasteiger partial charge on any atom is -0.490 e. The molecule has 6 rings (SSSR count). The highest BCUT2D eigenvalue weighted by molar-refractivity contribution is 9.10. The summed E-state index contributed by atoms with van der Waals surface area (Å²) >= 11 is 3.45. The number of aliphatic hydroxyl groups excluding tert-OH is 1. The number of piperidine rings is 1. The summed E-state index contributed by atoms with van der Waals surface area (Å²) < 4.78 is 6.57. The number of aliphatic hydroxyl groups is 1. The van der Waals surface area contributed by atoms with Crippen LogP contribution in [0.1, 0.15) is 40.7 Å². The van der Waals surface area contributed by atoms with Crippen molar-refractivity contribution >= 4 is 32.9 Å². The van der Waals surface area contributed by atoms with Crippen LogP contribution in [0.4, 0.5) is 0 Å². The van der Waals surface area contributed by atoms with Crippen molar-refractivity contribution < 1.29 is 14.6 Å². The van der Waals surface area contributed by atoms with Crippen LogP contribution in [0.5, 0.6) is 5.75 Å². The first-order chi connectivity index (χ1) is 19.4. The predicted octanol–water partition coefficient (Wildman–Crippen LogP) is 4.10. The van der Waals surface area contributed by atoms with Crippen molar-refractivity contribution in [3.05, 3.63) is 80.2 Å². The first kappa shape index (κ1) is 26.7. The first-order valence-electron chi connectivity index (χ1n) is 13.7. The maximum atomic E-state index is 13.3. The predicted molar refractivity (Wildman–Crippen MR) is 157 cm³/mol. The van der Waals surface area contributed by atoms with Crippen molar-refractivity contribution in [3.63, 3.8) is 0 Å². The zero-order chi connectivity index (χ0) is 27.8. The number of pyridine rings is 1. The Morgan fingerprint density at radius 1 is 1.18 bits per heavy atom. The Morgan fingerprint density at radius 2 is 1.98 bits per heavy atom. The molecule has 40 heavy (non-hydrogen) atoms. The van der Waals surface area contributed by atoms with Crippen molar-refractivity contribution in [3.8, 4) is 17.1 Å². The molecule has 4 heterocycles. The third-order valence-electron chi connectivity index (χ3n) is 7.97. The molecule has 208 valence electrons. The van der Waals surface area contributed by atoms with E-state index in [1.54, 1.807) is 6.20 Å². The van der Waals surface area contributed by atoms with E-state index in [0.717, 1.165) is 47.0 Å². The topological polar surface area (TPSA) is 115 Å². The number of imidazole rings is 1. The minimum absolute atomic E-state index is 0.0630. The van der Waals surface area contributed by atoms with Crippen molar-refractivity contribution in [1.29, 1.82) is 0 Å². The summed E-state index contributed by atoms with van der Waals surface area (Å²) in [6.45, 7) is 2.74. The van der Waals surface area contributed by atoms with Crippen LogP contribution < -0.4 is 10.3 Å². The van der Waals surface area contributed by atoms with Gasteiger partial charge in [0.25, 0.3) is 11.5 Å². The normalized spacial score (nSPS) is 17.0. The van der Waals surface area contributed by atoms with E-state index in [9.17, 15) is 14.7 Å². The van der Waals surface area contributed by atoms with Gasteiger partial charge in [-0.2, -0.15) is 0 Å². The summed E-state index contributed by atoms with van der Waals surface area (Å²) in [7, 11) is 2.12. The molecule has 0 unspecified atom stereocenters. The second kappa shape index (κ2) is 11.2. The van der Waals surface area contributed by atoms with E-state index in [1.807, 2.05) is 47.4 Å². The number of ether oxygens (including phenoxy) is 1. The number of aryl methyl sites for hydroxylation is 1. The minimum atomic E-state index is -0.712. The van der Waals surface area contributed by atoms with Crippen LogP contribution in [0.25, 0.3) is 22.4 Å². The fourth-order valence-corrected chi connectivity index (χ4v) is 6.10. The number of amides is 1.